The molecule has 6 heteroatoms. The Hall–Kier alpha value is -2.37. The molecule has 1 unspecified atom stereocenters. The molecule has 1 heterocycles. The van der Waals surface area contributed by atoms with Crippen LogP contribution in [0, 0.1) is 5.92 Å². The molecule has 0 radical (unpaired) electrons. The molecule has 0 aromatic heterocycles. The highest BCUT2D eigenvalue weighted by Gasteiger charge is 2.24. The molecule has 2 rings (SSSR count). The Morgan fingerprint density at radius 3 is 2.35 bits per heavy atom. The normalized spacial score (nSPS) is 15.0. The van der Waals surface area contributed by atoms with E-state index in [0.29, 0.717) is 13.0 Å². The molecule has 1 saturated heterocycles. The number of hydrogen-bond acceptors (Lipinski definition) is 3. The van der Waals surface area contributed by atoms with Gasteiger partial charge < -0.3 is 15.5 Å². The van der Waals surface area contributed by atoms with Crippen molar-refractivity contribution in [2.45, 2.75) is 45.6 Å². The van der Waals surface area contributed by atoms with Gasteiger partial charge in [-0.05, 0) is 24.3 Å². The largest absolute Gasteiger partial charge is 0.354 e. The van der Waals surface area contributed by atoms with Crippen LogP contribution in [0.25, 0.3) is 0 Å². The zero-order chi connectivity index (χ0) is 18.9. The smallest absolute Gasteiger partial charge is 0.242 e. The van der Waals surface area contributed by atoms with Crippen molar-refractivity contribution in [3.8, 4) is 0 Å². The average Bonchev–Trinajstić information content (AvgIpc) is 3.15. The van der Waals surface area contributed by atoms with E-state index in [4.69, 9.17) is 0 Å². The van der Waals surface area contributed by atoms with Crippen LogP contribution in [-0.2, 0) is 20.8 Å². The summed E-state index contributed by atoms with van der Waals surface area (Å²) in [7, 11) is 0. The molecule has 142 valence electrons. The van der Waals surface area contributed by atoms with Crippen molar-refractivity contribution in [1.29, 1.82) is 0 Å². The van der Waals surface area contributed by atoms with Crippen LogP contribution in [0.1, 0.15) is 38.7 Å². The highest BCUT2D eigenvalue weighted by atomic mass is 16.2. The lowest BCUT2D eigenvalue weighted by molar-refractivity contribution is -0.131. The lowest BCUT2D eigenvalue weighted by Gasteiger charge is -2.22. The zero-order valence-corrected chi connectivity index (χ0v) is 15.7. The number of benzene rings is 1. The molecule has 1 aromatic carbocycles. The minimum atomic E-state index is -0.604. The summed E-state index contributed by atoms with van der Waals surface area (Å²) in [6.07, 6.45) is 2.65. The molecule has 1 fully saturated rings. The third-order valence-electron chi connectivity index (χ3n) is 4.57. The highest BCUT2D eigenvalue weighted by molar-refractivity contribution is 5.89. The number of carbonyl (C=O) groups excluding carboxylic acids is 3. The van der Waals surface area contributed by atoms with E-state index < -0.39 is 6.04 Å². The van der Waals surface area contributed by atoms with Crippen LogP contribution >= 0.6 is 0 Å². The predicted molar refractivity (Wildman–Crippen MR) is 100 cm³/mol. The fourth-order valence-electron chi connectivity index (χ4n) is 3.07. The molecule has 3 amide bonds. The van der Waals surface area contributed by atoms with Gasteiger partial charge in [-0.3, -0.25) is 14.4 Å². The summed E-state index contributed by atoms with van der Waals surface area (Å²) in [6.45, 7) is 5.71. The van der Waals surface area contributed by atoms with Crippen molar-refractivity contribution in [3.05, 3.63) is 35.9 Å². The third kappa shape index (κ3) is 6.17. The van der Waals surface area contributed by atoms with Gasteiger partial charge in [-0.1, -0.05) is 44.2 Å². The van der Waals surface area contributed by atoms with Gasteiger partial charge in [-0.2, -0.15) is 0 Å². The van der Waals surface area contributed by atoms with Crippen LogP contribution in [0.15, 0.2) is 30.3 Å². The maximum atomic E-state index is 12.4. The molecular weight excluding hydrogens is 330 g/mol. The van der Waals surface area contributed by atoms with Crippen LogP contribution in [0.3, 0.4) is 0 Å². The van der Waals surface area contributed by atoms with Crippen molar-refractivity contribution in [2.75, 3.05) is 19.6 Å². The lowest BCUT2D eigenvalue weighted by atomic mass is 10.0. The molecular formula is C20H29N3O3. The van der Waals surface area contributed by atoms with Gasteiger partial charge in [0, 0.05) is 26.1 Å². The molecule has 1 aliphatic heterocycles. The zero-order valence-electron chi connectivity index (χ0n) is 15.7. The van der Waals surface area contributed by atoms with Crippen molar-refractivity contribution < 1.29 is 14.4 Å². The first kappa shape index (κ1) is 19.9. The van der Waals surface area contributed by atoms with Crippen LogP contribution in [0.5, 0.6) is 0 Å². The number of rotatable bonds is 8. The topological polar surface area (TPSA) is 78.5 Å². The maximum Gasteiger partial charge on any atom is 0.242 e. The second-order valence-electron chi connectivity index (χ2n) is 7.08. The molecule has 0 saturated carbocycles. The number of nitrogens with one attached hydrogen (secondary N) is 2. The lowest BCUT2D eigenvalue weighted by Crippen LogP contribution is -2.50. The summed E-state index contributed by atoms with van der Waals surface area (Å²) in [6, 6.07) is 8.82. The Kier molecular flexibility index (Phi) is 7.63. The fraction of sp³-hybridized carbons (Fsp3) is 0.550. The number of nitrogens with zero attached hydrogens (tertiary/aromatic N) is 1. The Balaban J connectivity index is 1.78. The van der Waals surface area contributed by atoms with E-state index >= 15 is 0 Å². The maximum absolute atomic E-state index is 12.4. The van der Waals surface area contributed by atoms with Gasteiger partial charge >= 0.3 is 0 Å². The second-order valence-corrected chi connectivity index (χ2v) is 7.08. The molecule has 26 heavy (non-hydrogen) atoms. The van der Waals surface area contributed by atoms with Crippen LogP contribution in [0.2, 0.25) is 0 Å². The summed E-state index contributed by atoms with van der Waals surface area (Å²) in [5, 5.41) is 5.60. The van der Waals surface area contributed by atoms with E-state index in [1.54, 1.807) is 0 Å². The van der Waals surface area contributed by atoms with Crippen LogP contribution < -0.4 is 10.6 Å². The van der Waals surface area contributed by atoms with Gasteiger partial charge in [-0.15, -0.1) is 0 Å². The van der Waals surface area contributed by atoms with E-state index in [0.717, 1.165) is 31.5 Å². The first-order valence-corrected chi connectivity index (χ1v) is 9.36. The summed E-state index contributed by atoms with van der Waals surface area (Å²) < 4.78 is 0. The third-order valence-corrected chi connectivity index (χ3v) is 4.57. The molecule has 0 spiro atoms. The molecule has 1 atom stereocenters. The highest BCUT2D eigenvalue weighted by Crippen LogP contribution is 2.09. The van der Waals surface area contributed by atoms with Crippen LogP contribution in [0.4, 0.5) is 0 Å². The van der Waals surface area contributed by atoms with Gasteiger partial charge in [0.1, 0.15) is 6.04 Å². The van der Waals surface area contributed by atoms with Crippen LogP contribution in [-0.4, -0.2) is 48.3 Å². The number of amides is 3. The molecule has 0 aliphatic carbocycles. The van der Waals surface area contributed by atoms with Gasteiger partial charge in [0.15, 0.2) is 0 Å². The first-order valence-electron chi connectivity index (χ1n) is 9.36. The number of likely N-dealkylation sites (tertiary alicyclic amines) is 1. The van der Waals surface area contributed by atoms with E-state index in [9.17, 15) is 14.4 Å². The monoisotopic (exact) mass is 359 g/mol. The van der Waals surface area contributed by atoms with Gasteiger partial charge in [-0.25, -0.2) is 0 Å². The minimum Gasteiger partial charge on any atom is -0.354 e. The molecule has 2 N–H and O–H groups in total. The summed E-state index contributed by atoms with van der Waals surface area (Å²) in [5.74, 6) is -0.380. The standard InChI is InChI=1S/C20H29N3O3/c1-15(2)19(22-17(24)14-16-8-4-3-5-9-16)20(26)21-11-10-18(25)23-12-6-7-13-23/h3-5,8-9,15,19H,6-7,10-14H2,1-2H3,(H,21,26)(H,22,24). The van der Waals surface area contributed by atoms with Gasteiger partial charge in [0.2, 0.25) is 17.7 Å². The molecule has 1 aliphatic rings. The Morgan fingerprint density at radius 2 is 1.73 bits per heavy atom. The van der Waals surface area contributed by atoms with Crippen molar-refractivity contribution in [3.63, 3.8) is 0 Å². The summed E-state index contributed by atoms with van der Waals surface area (Å²) in [4.78, 5) is 38.5. The Bertz CT molecular complexity index is 610. The second kappa shape index (κ2) is 9.94. The SMILES string of the molecule is CC(C)C(NC(=O)Cc1ccccc1)C(=O)NCCC(=O)N1CCCC1. The van der Waals surface area contributed by atoms with Crippen molar-refractivity contribution in [2.24, 2.45) is 5.92 Å². The minimum absolute atomic E-state index is 0.0380. The first-order chi connectivity index (χ1) is 12.5. The number of hydrogen-bond donors (Lipinski definition) is 2. The molecule has 0 bridgehead atoms. The van der Waals surface area contributed by atoms with E-state index in [-0.39, 0.29) is 30.1 Å². The molecule has 6 nitrogen and oxygen atoms in total. The van der Waals surface area contributed by atoms with E-state index in [1.165, 1.54) is 0 Å². The average molecular weight is 359 g/mol. The van der Waals surface area contributed by atoms with Gasteiger partial charge in [0.25, 0.3) is 0 Å². The van der Waals surface area contributed by atoms with Crippen molar-refractivity contribution in [1.82, 2.24) is 15.5 Å². The van der Waals surface area contributed by atoms with Crippen molar-refractivity contribution >= 4 is 17.7 Å². The van der Waals surface area contributed by atoms with Gasteiger partial charge in [0.05, 0.1) is 6.42 Å². The predicted octanol–water partition coefficient (Wildman–Crippen LogP) is 1.50. The quantitative estimate of drug-likeness (QED) is 0.738. The van der Waals surface area contributed by atoms with E-state index in [1.807, 2.05) is 49.1 Å². The fourth-order valence-corrected chi connectivity index (χ4v) is 3.07. The van der Waals surface area contributed by atoms with E-state index in [2.05, 4.69) is 10.6 Å². The Labute approximate surface area is 155 Å². The number of carbonyl (C=O) groups is 3. The molecule has 1 aromatic rings. The summed E-state index contributed by atoms with van der Waals surface area (Å²) in [5.41, 5.74) is 0.907. The summed E-state index contributed by atoms with van der Waals surface area (Å²) >= 11 is 0. The Morgan fingerprint density at radius 1 is 1.08 bits per heavy atom.